The van der Waals surface area contributed by atoms with Crippen molar-refractivity contribution in [3.8, 4) is 17.0 Å². The number of aromatic nitrogens is 3. The van der Waals surface area contributed by atoms with Gasteiger partial charge < -0.3 is 19.7 Å². The van der Waals surface area contributed by atoms with Crippen molar-refractivity contribution in [3.63, 3.8) is 0 Å². The van der Waals surface area contributed by atoms with E-state index in [1.807, 2.05) is 43.5 Å². The van der Waals surface area contributed by atoms with Gasteiger partial charge in [0.05, 0.1) is 36.3 Å². The zero-order valence-corrected chi connectivity index (χ0v) is 20.8. The summed E-state index contributed by atoms with van der Waals surface area (Å²) in [5, 5.41) is 3.69. The van der Waals surface area contributed by atoms with Crippen LogP contribution in [0.5, 0.6) is 5.75 Å². The first-order chi connectivity index (χ1) is 16.6. The minimum absolute atomic E-state index is 0.0482. The Bertz CT molecular complexity index is 1110. The topological polar surface area (TPSA) is 72.4 Å². The third-order valence-corrected chi connectivity index (χ3v) is 6.34. The number of ether oxygens (including phenoxy) is 2. The summed E-state index contributed by atoms with van der Waals surface area (Å²) in [6.45, 7) is 10.6. The molecule has 0 unspecified atom stereocenters. The number of nitrogens with one attached hydrogen (secondary N) is 1. The first-order valence-corrected chi connectivity index (χ1v) is 12.2. The van der Waals surface area contributed by atoms with E-state index in [2.05, 4.69) is 42.0 Å². The number of nitrogens with zero attached hydrogens (tertiary/aromatic N) is 4. The molecule has 34 heavy (non-hydrogen) atoms. The molecule has 1 aromatic carbocycles. The van der Waals surface area contributed by atoms with Gasteiger partial charge in [0.2, 0.25) is 0 Å². The second-order valence-corrected chi connectivity index (χ2v) is 8.54. The Hall–Kier alpha value is -3.19. The summed E-state index contributed by atoms with van der Waals surface area (Å²) >= 11 is 0. The second-order valence-electron chi connectivity index (χ2n) is 8.54. The molecule has 4 rings (SSSR count). The minimum Gasteiger partial charge on any atom is -0.497 e. The van der Waals surface area contributed by atoms with Gasteiger partial charge in [0.25, 0.3) is 0 Å². The lowest BCUT2D eigenvalue weighted by Crippen LogP contribution is -2.35. The molecule has 1 fully saturated rings. The molecule has 180 valence electrons. The number of rotatable bonds is 9. The van der Waals surface area contributed by atoms with Gasteiger partial charge in [0.1, 0.15) is 17.4 Å². The third-order valence-electron chi connectivity index (χ3n) is 6.34. The minimum atomic E-state index is 0.0482. The normalized spacial score (nSPS) is 17.7. The van der Waals surface area contributed by atoms with Crippen molar-refractivity contribution in [1.82, 2.24) is 15.0 Å². The lowest BCUT2D eigenvalue weighted by atomic mass is 10.0. The molecule has 0 bridgehead atoms. The molecule has 0 aliphatic carbocycles. The molecule has 3 aromatic rings. The molecule has 0 radical (unpaired) electrons. The number of aryl methyl sites for hydroxylation is 3. The van der Waals surface area contributed by atoms with E-state index in [1.165, 1.54) is 0 Å². The van der Waals surface area contributed by atoms with Gasteiger partial charge in [-0.3, -0.25) is 0 Å². The van der Waals surface area contributed by atoms with Crippen molar-refractivity contribution in [2.75, 3.05) is 37.0 Å². The molecule has 1 N–H and O–H groups in total. The predicted molar refractivity (Wildman–Crippen MR) is 137 cm³/mol. The molecule has 1 saturated heterocycles. The van der Waals surface area contributed by atoms with Crippen LogP contribution < -0.4 is 15.0 Å². The summed E-state index contributed by atoms with van der Waals surface area (Å²) < 4.78 is 11.5. The highest BCUT2D eigenvalue weighted by Crippen LogP contribution is 2.31. The standard InChI is InChI=1S/C27H35N5O2/c1-6-21-26(20-13-12-19(33-5)15-18(20)4)29-22(7-2)27(30-21)31-23-16-32(17-24(23)34-8-3)25-11-9-10-14-28-25/h9-15,23-24H,6-8,16-17H2,1-5H3,(H,30,31)/t23-,24+/m1/s1. The number of anilines is 2. The summed E-state index contributed by atoms with van der Waals surface area (Å²) in [7, 11) is 1.69. The van der Waals surface area contributed by atoms with Crippen molar-refractivity contribution in [1.29, 1.82) is 0 Å². The fourth-order valence-corrected chi connectivity index (χ4v) is 4.56. The lowest BCUT2D eigenvalue weighted by molar-refractivity contribution is 0.0719. The number of pyridine rings is 1. The van der Waals surface area contributed by atoms with Crippen LogP contribution >= 0.6 is 0 Å². The fraction of sp³-hybridized carbons (Fsp3) is 0.444. The zero-order chi connectivity index (χ0) is 24.1. The molecule has 1 aliphatic rings. The first-order valence-electron chi connectivity index (χ1n) is 12.2. The molecule has 0 saturated carbocycles. The Kier molecular flexibility index (Phi) is 7.63. The van der Waals surface area contributed by atoms with Crippen molar-refractivity contribution in [2.24, 2.45) is 0 Å². The van der Waals surface area contributed by atoms with Crippen molar-refractivity contribution >= 4 is 11.6 Å². The highest BCUT2D eigenvalue weighted by molar-refractivity contribution is 5.68. The Balaban J connectivity index is 1.65. The van der Waals surface area contributed by atoms with Crippen molar-refractivity contribution in [2.45, 2.75) is 52.7 Å². The summed E-state index contributed by atoms with van der Waals surface area (Å²) in [5.74, 6) is 2.67. The van der Waals surface area contributed by atoms with Crippen LogP contribution in [0.1, 0.15) is 37.7 Å². The Morgan fingerprint density at radius 2 is 1.85 bits per heavy atom. The SMILES string of the molecule is CCO[C@H]1CN(c2ccccn2)C[C@H]1Nc1nc(CC)c(-c2ccc(OC)cc2C)nc1CC. The molecule has 1 aliphatic heterocycles. The van der Waals surface area contributed by atoms with Gasteiger partial charge in [-0.1, -0.05) is 19.9 Å². The number of benzene rings is 1. The highest BCUT2D eigenvalue weighted by Gasteiger charge is 2.35. The molecule has 3 heterocycles. The largest absolute Gasteiger partial charge is 0.497 e. The molecule has 7 heteroatoms. The molecular weight excluding hydrogens is 426 g/mol. The van der Waals surface area contributed by atoms with E-state index in [0.717, 1.165) is 71.5 Å². The molecular formula is C27H35N5O2. The van der Waals surface area contributed by atoms with Gasteiger partial charge in [-0.05, 0) is 62.6 Å². The summed E-state index contributed by atoms with van der Waals surface area (Å²) in [6.07, 6.45) is 3.47. The molecule has 2 aromatic heterocycles. The quantitative estimate of drug-likeness (QED) is 0.496. The van der Waals surface area contributed by atoms with Crippen LogP contribution in [0, 0.1) is 6.92 Å². The predicted octanol–water partition coefficient (Wildman–Crippen LogP) is 4.69. The Labute approximate surface area is 202 Å². The number of hydrogen-bond acceptors (Lipinski definition) is 7. The van der Waals surface area contributed by atoms with Crippen LogP contribution in [0.4, 0.5) is 11.6 Å². The smallest absolute Gasteiger partial charge is 0.148 e. The van der Waals surface area contributed by atoms with Gasteiger partial charge in [-0.2, -0.15) is 0 Å². The molecule has 0 spiro atoms. The second kappa shape index (κ2) is 10.8. The van der Waals surface area contributed by atoms with E-state index in [9.17, 15) is 0 Å². The van der Waals surface area contributed by atoms with E-state index >= 15 is 0 Å². The first kappa shape index (κ1) is 24.0. The molecule has 0 amide bonds. The maximum Gasteiger partial charge on any atom is 0.148 e. The van der Waals surface area contributed by atoms with Gasteiger partial charge in [0.15, 0.2) is 0 Å². The Morgan fingerprint density at radius 3 is 2.50 bits per heavy atom. The van der Waals surface area contributed by atoms with E-state index in [-0.39, 0.29) is 12.1 Å². The maximum atomic E-state index is 6.11. The van der Waals surface area contributed by atoms with Gasteiger partial charge >= 0.3 is 0 Å². The van der Waals surface area contributed by atoms with Crippen LogP contribution in [0.25, 0.3) is 11.3 Å². The average molecular weight is 462 g/mol. The third kappa shape index (κ3) is 4.99. The van der Waals surface area contributed by atoms with Crippen LogP contribution in [0.15, 0.2) is 42.6 Å². The molecule has 7 nitrogen and oxygen atoms in total. The molecule has 2 atom stereocenters. The Morgan fingerprint density at radius 1 is 1.03 bits per heavy atom. The summed E-state index contributed by atoms with van der Waals surface area (Å²) in [4.78, 5) is 17.0. The van der Waals surface area contributed by atoms with Crippen molar-refractivity contribution in [3.05, 3.63) is 59.5 Å². The van der Waals surface area contributed by atoms with Gasteiger partial charge in [-0.15, -0.1) is 0 Å². The summed E-state index contributed by atoms with van der Waals surface area (Å²) in [5.41, 5.74) is 5.13. The maximum absolute atomic E-state index is 6.11. The highest BCUT2D eigenvalue weighted by atomic mass is 16.5. The zero-order valence-electron chi connectivity index (χ0n) is 20.8. The van der Waals surface area contributed by atoms with Crippen LogP contribution in [0.2, 0.25) is 0 Å². The van der Waals surface area contributed by atoms with E-state index in [0.29, 0.717) is 6.61 Å². The van der Waals surface area contributed by atoms with Gasteiger partial charge in [0, 0.05) is 31.5 Å². The number of methoxy groups -OCH3 is 1. The van der Waals surface area contributed by atoms with Gasteiger partial charge in [-0.25, -0.2) is 15.0 Å². The lowest BCUT2D eigenvalue weighted by Gasteiger charge is -2.22. The van der Waals surface area contributed by atoms with E-state index in [1.54, 1.807) is 7.11 Å². The summed E-state index contributed by atoms with van der Waals surface area (Å²) in [6, 6.07) is 12.2. The fourth-order valence-electron chi connectivity index (χ4n) is 4.56. The van der Waals surface area contributed by atoms with Crippen LogP contribution in [-0.2, 0) is 17.6 Å². The van der Waals surface area contributed by atoms with Crippen LogP contribution in [0.3, 0.4) is 0 Å². The van der Waals surface area contributed by atoms with E-state index < -0.39 is 0 Å². The number of hydrogen-bond donors (Lipinski definition) is 1. The van der Waals surface area contributed by atoms with E-state index in [4.69, 9.17) is 19.4 Å². The van der Waals surface area contributed by atoms with Crippen molar-refractivity contribution < 1.29 is 9.47 Å². The van der Waals surface area contributed by atoms with Crippen LogP contribution in [-0.4, -0.2) is 53.9 Å². The monoisotopic (exact) mass is 461 g/mol. The average Bonchev–Trinajstić information content (AvgIpc) is 3.26.